The number of primary amides is 1. The van der Waals surface area contributed by atoms with Crippen molar-refractivity contribution in [2.45, 2.75) is 33.7 Å². The van der Waals surface area contributed by atoms with E-state index in [1.54, 1.807) is 13.0 Å². The summed E-state index contributed by atoms with van der Waals surface area (Å²) < 4.78 is 2.14. The van der Waals surface area contributed by atoms with Crippen molar-refractivity contribution in [2.24, 2.45) is 5.73 Å². The largest absolute Gasteiger partial charge is 0.368 e. The maximum absolute atomic E-state index is 11.8. The highest BCUT2D eigenvalue weighted by molar-refractivity contribution is 5.95. The Labute approximate surface area is 142 Å². The number of rotatable bonds is 5. The zero-order chi connectivity index (χ0) is 17.9. The molecule has 0 fully saturated rings. The second kappa shape index (κ2) is 7.17. The number of benzene rings is 1. The van der Waals surface area contributed by atoms with Gasteiger partial charge in [0.1, 0.15) is 6.04 Å². The average Bonchev–Trinajstić information content (AvgIpc) is 2.80. The van der Waals surface area contributed by atoms with Gasteiger partial charge >= 0.3 is 0 Å². The van der Waals surface area contributed by atoms with Crippen molar-refractivity contribution in [1.29, 1.82) is 0 Å². The lowest BCUT2D eigenvalue weighted by molar-refractivity contribution is -0.124. The van der Waals surface area contributed by atoms with Crippen LogP contribution in [0.2, 0.25) is 0 Å². The molecule has 0 aliphatic heterocycles. The molecule has 1 heterocycles. The smallest absolute Gasteiger partial charge is 0.244 e. The monoisotopic (exact) mass is 325 g/mol. The Hall–Kier alpha value is -2.82. The molecule has 126 valence electrons. The maximum Gasteiger partial charge on any atom is 0.244 e. The molecule has 1 aromatic heterocycles. The molecule has 0 bridgehead atoms. The van der Waals surface area contributed by atoms with Gasteiger partial charge in [0, 0.05) is 23.2 Å². The number of aromatic nitrogens is 1. The first-order valence-corrected chi connectivity index (χ1v) is 7.83. The van der Waals surface area contributed by atoms with Crippen LogP contribution < -0.4 is 11.1 Å². The minimum Gasteiger partial charge on any atom is -0.368 e. The first-order chi connectivity index (χ1) is 11.3. The van der Waals surface area contributed by atoms with E-state index in [-0.39, 0.29) is 5.91 Å². The van der Waals surface area contributed by atoms with Crippen LogP contribution in [0.25, 0.3) is 11.8 Å². The Morgan fingerprint density at radius 1 is 1.17 bits per heavy atom. The lowest BCUT2D eigenvalue weighted by Gasteiger charge is -2.10. The molecule has 24 heavy (non-hydrogen) atoms. The first kappa shape index (κ1) is 17.5. The Bertz CT molecular complexity index is 786. The van der Waals surface area contributed by atoms with Crippen molar-refractivity contribution in [3.8, 4) is 5.69 Å². The van der Waals surface area contributed by atoms with Gasteiger partial charge in [-0.1, -0.05) is 17.7 Å². The minimum atomic E-state index is -0.692. The Morgan fingerprint density at radius 3 is 2.38 bits per heavy atom. The molecule has 2 aromatic rings. The highest BCUT2D eigenvalue weighted by atomic mass is 16.2. The lowest BCUT2D eigenvalue weighted by Crippen LogP contribution is -2.41. The second-order valence-corrected chi connectivity index (χ2v) is 5.96. The van der Waals surface area contributed by atoms with Gasteiger partial charge in [-0.25, -0.2) is 0 Å². The molecule has 2 rings (SSSR count). The molecule has 1 aromatic carbocycles. The number of amides is 2. The average molecular weight is 325 g/mol. The van der Waals surface area contributed by atoms with E-state index < -0.39 is 11.9 Å². The molecule has 0 saturated heterocycles. The van der Waals surface area contributed by atoms with E-state index in [0.29, 0.717) is 0 Å². The molecule has 2 amide bonds. The van der Waals surface area contributed by atoms with E-state index in [4.69, 9.17) is 5.73 Å². The van der Waals surface area contributed by atoms with Gasteiger partial charge in [-0.2, -0.15) is 0 Å². The van der Waals surface area contributed by atoms with Crippen molar-refractivity contribution in [3.63, 3.8) is 0 Å². The van der Waals surface area contributed by atoms with Crippen LogP contribution in [0.1, 0.15) is 29.4 Å². The summed E-state index contributed by atoms with van der Waals surface area (Å²) in [4.78, 5) is 22.8. The molecule has 0 aliphatic carbocycles. The van der Waals surface area contributed by atoms with E-state index in [1.807, 2.05) is 19.9 Å². The number of carbonyl (C=O) groups excluding carboxylic acids is 2. The predicted octanol–water partition coefficient (Wildman–Crippen LogP) is 2.41. The van der Waals surface area contributed by atoms with Gasteiger partial charge < -0.3 is 15.6 Å². The third-order valence-corrected chi connectivity index (χ3v) is 3.96. The molecule has 1 unspecified atom stereocenters. The molecular weight excluding hydrogens is 302 g/mol. The summed E-state index contributed by atoms with van der Waals surface area (Å²) in [6.45, 7) is 7.65. The molecule has 0 spiro atoms. The standard InChI is InChI=1S/C19H23N3O2/c1-12-5-8-17(9-6-12)22-13(2)11-16(15(22)4)7-10-18(23)21-14(3)19(20)24/h5-11,14H,1-4H3,(H2,20,24)(H,21,23)/b10-7+. The van der Waals surface area contributed by atoms with Crippen LogP contribution in [-0.2, 0) is 9.59 Å². The van der Waals surface area contributed by atoms with Crippen molar-refractivity contribution in [1.82, 2.24) is 9.88 Å². The SMILES string of the molecule is Cc1ccc(-n2c(C)cc(/C=C/C(=O)NC(C)C(N)=O)c2C)cc1. The van der Waals surface area contributed by atoms with E-state index in [1.165, 1.54) is 11.6 Å². The van der Waals surface area contributed by atoms with Crippen molar-refractivity contribution in [3.05, 3.63) is 58.9 Å². The van der Waals surface area contributed by atoms with Gasteiger partial charge in [-0.05, 0) is 57.5 Å². The Balaban J connectivity index is 2.22. The van der Waals surface area contributed by atoms with E-state index in [2.05, 4.69) is 41.1 Å². The summed E-state index contributed by atoms with van der Waals surface area (Å²) in [6, 6.07) is 9.62. The summed E-state index contributed by atoms with van der Waals surface area (Å²) in [5.74, 6) is -0.907. The number of nitrogens with one attached hydrogen (secondary N) is 1. The van der Waals surface area contributed by atoms with Crippen LogP contribution in [0.4, 0.5) is 0 Å². The van der Waals surface area contributed by atoms with Crippen LogP contribution in [0.15, 0.2) is 36.4 Å². The van der Waals surface area contributed by atoms with Crippen LogP contribution in [0.5, 0.6) is 0 Å². The van der Waals surface area contributed by atoms with Gasteiger partial charge in [-0.15, -0.1) is 0 Å². The number of hydrogen-bond acceptors (Lipinski definition) is 2. The Morgan fingerprint density at radius 2 is 1.79 bits per heavy atom. The molecule has 1 atom stereocenters. The van der Waals surface area contributed by atoms with Gasteiger partial charge in [0.2, 0.25) is 11.8 Å². The van der Waals surface area contributed by atoms with Crippen LogP contribution in [0.3, 0.4) is 0 Å². The summed E-state index contributed by atoms with van der Waals surface area (Å²) >= 11 is 0. The molecule has 0 saturated carbocycles. The van der Waals surface area contributed by atoms with E-state index in [9.17, 15) is 9.59 Å². The summed E-state index contributed by atoms with van der Waals surface area (Å²) in [5, 5.41) is 2.52. The summed E-state index contributed by atoms with van der Waals surface area (Å²) in [5.41, 5.74) is 10.5. The van der Waals surface area contributed by atoms with Crippen LogP contribution in [-0.4, -0.2) is 22.4 Å². The molecule has 0 aliphatic rings. The van der Waals surface area contributed by atoms with E-state index >= 15 is 0 Å². The minimum absolute atomic E-state index is 0.346. The zero-order valence-electron chi connectivity index (χ0n) is 14.5. The lowest BCUT2D eigenvalue weighted by atomic mass is 10.2. The summed E-state index contributed by atoms with van der Waals surface area (Å²) in [7, 11) is 0. The van der Waals surface area contributed by atoms with Crippen LogP contribution in [0, 0.1) is 20.8 Å². The van der Waals surface area contributed by atoms with E-state index in [0.717, 1.165) is 22.6 Å². The fourth-order valence-corrected chi connectivity index (χ4v) is 2.55. The number of hydrogen-bond donors (Lipinski definition) is 2. The third-order valence-electron chi connectivity index (χ3n) is 3.96. The molecule has 5 nitrogen and oxygen atoms in total. The fourth-order valence-electron chi connectivity index (χ4n) is 2.55. The second-order valence-electron chi connectivity index (χ2n) is 5.96. The van der Waals surface area contributed by atoms with Gasteiger partial charge in [-0.3, -0.25) is 9.59 Å². The number of nitrogens with zero attached hydrogens (tertiary/aromatic N) is 1. The van der Waals surface area contributed by atoms with Gasteiger partial charge in [0.25, 0.3) is 0 Å². The van der Waals surface area contributed by atoms with Gasteiger partial charge in [0.15, 0.2) is 0 Å². The first-order valence-electron chi connectivity index (χ1n) is 7.83. The topological polar surface area (TPSA) is 77.1 Å². The predicted molar refractivity (Wildman–Crippen MR) is 95.8 cm³/mol. The number of aryl methyl sites for hydroxylation is 2. The molecular formula is C19H23N3O2. The van der Waals surface area contributed by atoms with Crippen LogP contribution >= 0.6 is 0 Å². The maximum atomic E-state index is 11.8. The Kier molecular flexibility index (Phi) is 5.24. The highest BCUT2D eigenvalue weighted by Crippen LogP contribution is 2.22. The molecule has 3 N–H and O–H groups in total. The zero-order valence-corrected chi connectivity index (χ0v) is 14.5. The number of carbonyl (C=O) groups is 2. The normalized spacial score (nSPS) is 12.3. The van der Waals surface area contributed by atoms with Crippen molar-refractivity contribution < 1.29 is 9.59 Å². The highest BCUT2D eigenvalue weighted by Gasteiger charge is 2.11. The van der Waals surface area contributed by atoms with Gasteiger partial charge in [0.05, 0.1) is 0 Å². The quantitative estimate of drug-likeness (QED) is 0.828. The number of nitrogens with two attached hydrogens (primary N) is 1. The van der Waals surface area contributed by atoms with Crippen molar-refractivity contribution >= 4 is 17.9 Å². The van der Waals surface area contributed by atoms with Crippen molar-refractivity contribution in [2.75, 3.05) is 0 Å². The molecule has 5 heteroatoms. The third kappa shape index (κ3) is 3.93. The summed E-state index contributed by atoms with van der Waals surface area (Å²) in [6.07, 6.45) is 3.16. The molecule has 0 radical (unpaired) electrons. The fraction of sp³-hybridized carbons (Fsp3) is 0.263.